The smallest absolute Gasteiger partial charge is 0.230 e. The number of hydrogen-bond acceptors (Lipinski definition) is 5. The van der Waals surface area contributed by atoms with E-state index in [0.29, 0.717) is 17.3 Å². The number of thiophene rings is 1. The first-order chi connectivity index (χ1) is 12.5. The zero-order valence-electron chi connectivity index (χ0n) is 14.5. The topological polar surface area (TPSA) is 59.8 Å². The van der Waals surface area contributed by atoms with Crippen LogP contribution >= 0.6 is 34.7 Å². The minimum Gasteiger partial charge on any atom is -0.351 e. The number of carbonyl (C=O) groups excluding carboxylic acids is 1. The van der Waals surface area contributed by atoms with E-state index in [1.807, 2.05) is 41.8 Å². The molecule has 0 bridgehead atoms. The van der Waals surface area contributed by atoms with E-state index in [1.165, 1.54) is 11.8 Å². The molecule has 2 aromatic heterocycles. The van der Waals surface area contributed by atoms with E-state index in [0.717, 1.165) is 21.4 Å². The van der Waals surface area contributed by atoms with Gasteiger partial charge in [0.15, 0.2) is 11.0 Å². The van der Waals surface area contributed by atoms with E-state index in [1.54, 1.807) is 11.3 Å². The summed E-state index contributed by atoms with van der Waals surface area (Å²) in [6.07, 6.45) is 0. The van der Waals surface area contributed by atoms with E-state index in [4.69, 9.17) is 11.6 Å². The highest BCUT2D eigenvalue weighted by Gasteiger charge is 2.18. The van der Waals surface area contributed by atoms with E-state index in [9.17, 15) is 4.79 Å². The molecule has 0 spiro atoms. The van der Waals surface area contributed by atoms with Gasteiger partial charge in [-0.3, -0.25) is 9.36 Å². The van der Waals surface area contributed by atoms with Crippen LogP contribution in [0.15, 0.2) is 46.9 Å². The Bertz CT molecular complexity index is 860. The lowest BCUT2D eigenvalue weighted by molar-refractivity contribution is -0.118. The zero-order chi connectivity index (χ0) is 18.5. The number of aromatic nitrogens is 3. The predicted octanol–water partition coefficient (Wildman–Crippen LogP) is 4.65. The van der Waals surface area contributed by atoms with Crippen LogP contribution in [0.3, 0.4) is 0 Å². The Morgan fingerprint density at radius 2 is 2.04 bits per heavy atom. The maximum absolute atomic E-state index is 12.2. The van der Waals surface area contributed by atoms with Gasteiger partial charge in [0, 0.05) is 17.6 Å². The zero-order valence-corrected chi connectivity index (χ0v) is 16.9. The predicted molar refractivity (Wildman–Crippen MR) is 108 cm³/mol. The fourth-order valence-electron chi connectivity index (χ4n) is 2.40. The summed E-state index contributed by atoms with van der Waals surface area (Å²) in [6.45, 7) is 4.66. The number of benzene rings is 1. The normalized spacial score (nSPS) is 11.1. The van der Waals surface area contributed by atoms with Crippen molar-refractivity contribution in [1.82, 2.24) is 20.1 Å². The molecule has 0 fully saturated rings. The Morgan fingerprint density at radius 3 is 2.69 bits per heavy atom. The minimum atomic E-state index is -0.0408. The number of carbonyl (C=O) groups is 1. The molecule has 26 heavy (non-hydrogen) atoms. The van der Waals surface area contributed by atoms with Crippen LogP contribution in [0.25, 0.3) is 10.7 Å². The summed E-state index contributed by atoms with van der Waals surface area (Å²) in [6, 6.07) is 11.7. The van der Waals surface area contributed by atoms with Crippen LogP contribution in [-0.4, -0.2) is 26.4 Å². The third-order valence-corrected chi connectivity index (χ3v) is 5.72. The van der Waals surface area contributed by atoms with Crippen molar-refractivity contribution >= 4 is 40.6 Å². The lowest BCUT2D eigenvalue weighted by atomic mass is 10.2. The molecule has 3 aromatic rings. The van der Waals surface area contributed by atoms with Crippen LogP contribution in [-0.2, 0) is 11.3 Å². The van der Waals surface area contributed by atoms with Crippen molar-refractivity contribution in [2.24, 2.45) is 0 Å². The van der Waals surface area contributed by atoms with E-state index in [-0.39, 0.29) is 11.9 Å². The first-order valence-electron chi connectivity index (χ1n) is 8.17. The fourth-order valence-corrected chi connectivity index (χ4v) is 4.13. The Morgan fingerprint density at radius 1 is 1.27 bits per heavy atom. The molecule has 0 atom stereocenters. The molecule has 1 N–H and O–H groups in total. The maximum atomic E-state index is 12.2. The van der Waals surface area contributed by atoms with Crippen molar-refractivity contribution < 1.29 is 4.79 Å². The molecule has 0 unspecified atom stereocenters. The molecule has 0 saturated carbocycles. The lowest BCUT2D eigenvalue weighted by Crippen LogP contribution is -2.24. The standard InChI is InChI=1S/C18H19ClN4OS2/c1-12(2)23-17(15-4-3-9-25-15)21-22-18(23)26-11-16(24)20-10-13-5-7-14(19)8-6-13/h3-9,12H,10-11H2,1-2H3,(H,20,24). The molecule has 8 heteroatoms. The number of rotatable bonds is 7. The minimum absolute atomic E-state index is 0.0408. The lowest BCUT2D eigenvalue weighted by Gasteiger charge is -2.13. The number of amides is 1. The summed E-state index contributed by atoms with van der Waals surface area (Å²) in [4.78, 5) is 13.2. The second kappa shape index (κ2) is 8.70. The van der Waals surface area contributed by atoms with E-state index in [2.05, 4.69) is 33.9 Å². The Hall–Kier alpha value is -1.83. The first kappa shape index (κ1) is 18.9. The third kappa shape index (κ3) is 4.66. The van der Waals surface area contributed by atoms with Gasteiger partial charge in [-0.05, 0) is 43.0 Å². The molecule has 1 amide bonds. The molecule has 0 aliphatic rings. The van der Waals surface area contributed by atoms with Crippen LogP contribution in [0.2, 0.25) is 5.02 Å². The number of hydrogen-bond donors (Lipinski definition) is 1. The van der Waals surface area contributed by atoms with Crippen LogP contribution in [0, 0.1) is 0 Å². The van der Waals surface area contributed by atoms with Gasteiger partial charge in [-0.15, -0.1) is 21.5 Å². The average Bonchev–Trinajstić information content (AvgIpc) is 3.28. The maximum Gasteiger partial charge on any atom is 0.230 e. The monoisotopic (exact) mass is 406 g/mol. The van der Waals surface area contributed by atoms with Crippen LogP contribution in [0.5, 0.6) is 0 Å². The highest BCUT2D eigenvalue weighted by molar-refractivity contribution is 7.99. The molecule has 5 nitrogen and oxygen atoms in total. The molecule has 0 radical (unpaired) electrons. The third-order valence-electron chi connectivity index (χ3n) is 3.66. The van der Waals surface area contributed by atoms with Crippen LogP contribution < -0.4 is 5.32 Å². The molecular weight excluding hydrogens is 388 g/mol. The second-order valence-electron chi connectivity index (χ2n) is 5.94. The van der Waals surface area contributed by atoms with Gasteiger partial charge in [0.05, 0.1) is 10.6 Å². The molecule has 0 aliphatic heterocycles. The molecule has 0 aliphatic carbocycles. The molecule has 0 saturated heterocycles. The van der Waals surface area contributed by atoms with Crippen molar-refractivity contribution in [2.45, 2.75) is 31.6 Å². The molecule has 136 valence electrons. The second-order valence-corrected chi connectivity index (χ2v) is 8.27. The first-order valence-corrected chi connectivity index (χ1v) is 10.4. The summed E-state index contributed by atoms with van der Waals surface area (Å²) >= 11 is 8.90. The quantitative estimate of drug-likeness (QED) is 0.580. The van der Waals surface area contributed by atoms with Gasteiger partial charge >= 0.3 is 0 Å². The SMILES string of the molecule is CC(C)n1c(SCC(=O)NCc2ccc(Cl)cc2)nnc1-c1cccs1. The Kier molecular flexibility index (Phi) is 6.34. The van der Waals surface area contributed by atoms with Crippen molar-refractivity contribution in [3.63, 3.8) is 0 Å². The molecule has 1 aromatic carbocycles. The molecule has 2 heterocycles. The van der Waals surface area contributed by atoms with Crippen molar-refractivity contribution in [1.29, 1.82) is 0 Å². The summed E-state index contributed by atoms with van der Waals surface area (Å²) < 4.78 is 2.07. The van der Waals surface area contributed by atoms with Gasteiger partial charge < -0.3 is 5.32 Å². The fraction of sp³-hybridized carbons (Fsp3) is 0.278. The number of halogens is 1. The summed E-state index contributed by atoms with van der Waals surface area (Å²) in [5.41, 5.74) is 1.01. The van der Waals surface area contributed by atoms with Gasteiger partial charge in [0.25, 0.3) is 0 Å². The van der Waals surface area contributed by atoms with E-state index >= 15 is 0 Å². The van der Waals surface area contributed by atoms with Crippen LogP contribution in [0.1, 0.15) is 25.5 Å². The molecule has 3 rings (SSSR count). The highest BCUT2D eigenvalue weighted by atomic mass is 35.5. The van der Waals surface area contributed by atoms with Crippen molar-refractivity contribution in [3.05, 3.63) is 52.4 Å². The largest absolute Gasteiger partial charge is 0.351 e. The van der Waals surface area contributed by atoms with Crippen molar-refractivity contribution in [2.75, 3.05) is 5.75 Å². The Balaban J connectivity index is 1.60. The summed E-state index contributed by atoms with van der Waals surface area (Å²) in [7, 11) is 0. The van der Waals surface area contributed by atoms with E-state index < -0.39 is 0 Å². The summed E-state index contributed by atoms with van der Waals surface area (Å²) in [5, 5.41) is 15.0. The highest BCUT2D eigenvalue weighted by Crippen LogP contribution is 2.30. The van der Waals surface area contributed by atoms with Gasteiger partial charge in [-0.25, -0.2) is 0 Å². The van der Waals surface area contributed by atoms with Crippen LogP contribution in [0.4, 0.5) is 0 Å². The number of thioether (sulfide) groups is 1. The number of nitrogens with zero attached hydrogens (tertiary/aromatic N) is 3. The molecular formula is C18H19ClN4OS2. The van der Waals surface area contributed by atoms with Gasteiger partial charge in [-0.1, -0.05) is 41.6 Å². The van der Waals surface area contributed by atoms with Gasteiger partial charge in [-0.2, -0.15) is 0 Å². The van der Waals surface area contributed by atoms with Gasteiger partial charge in [0.2, 0.25) is 5.91 Å². The number of nitrogens with one attached hydrogen (secondary N) is 1. The summed E-state index contributed by atoms with van der Waals surface area (Å²) in [5.74, 6) is 1.10. The Labute approximate surface area is 165 Å². The van der Waals surface area contributed by atoms with Gasteiger partial charge in [0.1, 0.15) is 0 Å². The van der Waals surface area contributed by atoms with Crippen molar-refractivity contribution in [3.8, 4) is 10.7 Å². The average molecular weight is 407 g/mol.